The summed E-state index contributed by atoms with van der Waals surface area (Å²) in [6.45, 7) is 2.00. The number of fused-ring (bicyclic) bond motifs is 2. The number of ether oxygens (including phenoxy) is 2. The third-order valence-corrected chi connectivity index (χ3v) is 3.69. The molecule has 25 heavy (non-hydrogen) atoms. The fraction of sp³-hybridized carbons (Fsp3) is 0.136. The van der Waals surface area contributed by atoms with Crippen molar-refractivity contribution in [3.63, 3.8) is 0 Å². The van der Waals surface area contributed by atoms with E-state index in [4.69, 9.17) is 9.47 Å². The van der Waals surface area contributed by atoms with Gasteiger partial charge in [0.15, 0.2) is 0 Å². The van der Waals surface area contributed by atoms with E-state index in [1.165, 1.54) is 21.5 Å². The second kappa shape index (κ2) is 9.98. The molecule has 4 aromatic rings. The molecule has 2 nitrogen and oxygen atoms in total. The average molecular weight is 366 g/mol. The van der Waals surface area contributed by atoms with Crippen molar-refractivity contribution in [2.45, 2.75) is 6.92 Å². The summed E-state index contributed by atoms with van der Waals surface area (Å²) in [4.78, 5) is 0. The van der Waals surface area contributed by atoms with Crippen LogP contribution in [0.5, 0.6) is 11.5 Å². The van der Waals surface area contributed by atoms with Crippen LogP contribution in [0, 0.1) is 0 Å². The van der Waals surface area contributed by atoms with Gasteiger partial charge in [-0.1, -0.05) is 24.3 Å². The molecule has 126 valence electrons. The molecule has 0 atom stereocenters. The van der Waals surface area contributed by atoms with E-state index in [1.807, 2.05) is 67.6 Å². The number of methoxy groups -OCH3 is 2. The van der Waals surface area contributed by atoms with Gasteiger partial charge in [0.05, 0.1) is 25.7 Å². The quantitative estimate of drug-likeness (QED) is 0.345. The Labute approximate surface area is 160 Å². The molecule has 0 unspecified atom stereocenters. The molecule has 0 N–H and O–H groups in total. The summed E-state index contributed by atoms with van der Waals surface area (Å²) in [5, 5.41) is 5.02. The zero-order valence-electron chi connectivity index (χ0n) is 14.8. The molecule has 0 radical (unpaired) electrons. The topological polar surface area (TPSA) is 18.5 Å². The van der Waals surface area contributed by atoms with Gasteiger partial charge in [-0.05, 0) is 0 Å². The van der Waals surface area contributed by atoms with E-state index in [0.29, 0.717) is 0 Å². The van der Waals surface area contributed by atoms with E-state index in [9.17, 15) is 0 Å². The molecule has 0 amide bonds. The van der Waals surface area contributed by atoms with E-state index >= 15 is 0 Å². The van der Waals surface area contributed by atoms with Crippen molar-refractivity contribution in [2.24, 2.45) is 0 Å². The predicted molar refractivity (Wildman–Crippen MR) is 104 cm³/mol. The summed E-state index contributed by atoms with van der Waals surface area (Å²) in [5.41, 5.74) is 0. The van der Waals surface area contributed by atoms with Crippen LogP contribution in [0.4, 0.5) is 0 Å². The van der Waals surface area contributed by atoms with Crippen LogP contribution in [0.25, 0.3) is 21.5 Å². The number of benzene rings is 2. The number of rotatable bonds is 2. The zero-order chi connectivity index (χ0) is 18.1. The zero-order valence-corrected chi connectivity index (χ0v) is 16.4. The molecule has 0 bridgehead atoms. The predicted octanol–water partition coefficient (Wildman–Crippen LogP) is 5.49. The summed E-state index contributed by atoms with van der Waals surface area (Å²) < 4.78 is 12.2. The molecule has 0 aliphatic heterocycles. The molecule has 0 heterocycles. The maximum atomic E-state index is 5.09. The Morgan fingerprint density at radius 3 is 1.52 bits per heavy atom. The van der Waals surface area contributed by atoms with Crippen molar-refractivity contribution in [3.05, 3.63) is 72.8 Å². The van der Waals surface area contributed by atoms with Crippen molar-refractivity contribution < 1.29 is 29.4 Å². The summed E-state index contributed by atoms with van der Waals surface area (Å²) >= 11 is 2.00. The normalized spacial score (nSPS) is 9.64. The minimum atomic E-state index is 0.920. The van der Waals surface area contributed by atoms with Crippen LogP contribution >= 0.6 is 0 Å². The van der Waals surface area contributed by atoms with E-state index in [-0.39, 0.29) is 0 Å². The van der Waals surface area contributed by atoms with Gasteiger partial charge in [-0.2, -0.15) is 24.3 Å². The van der Waals surface area contributed by atoms with E-state index < -0.39 is 0 Å². The van der Waals surface area contributed by atoms with Gasteiger partial charge in [0.25, 0.3) is 0 Å². The molecular formula is C22H22O2Ti. The van der Waals surface area contributed by atoms with E-state index in [1.54, 1.807) is 14.2 Å². The van der Waals surface area contributed by atoms with Gasteiger partial charge in [-0.25, -0.2) is 0 Å². The minimum absolute atomic E-state index is 0.920. The average Bonchev–Trinajstić information content (AvgIpc) is 3.30. The molecule has 0 aromatic heterocycles. The molecule has 4 rings (SSSR count). The third-order valence-electron chi connectivity index (χ3n) is 3.69. The second-order valence-corrected chi connectivity index (χ2v) is 6.23. The Hall–Kier alpha value is -2.16. The fourth-order valence-electron chi connectivity index (χ4n) is 2.46. The van der Waals surface area contributed by atoms with Gasteiger partial charge in [0, 0.05) is 0 Å². The fourth-order valence-corrected chi connectivity index (χ4v) is 2.46. The number of hydrogen-bond donors (Lipinski definition) is 0. The first-order chi connectivity index (χ1) is 12.2. The third kappa shape index (κ3) is 5.42. The first-order valence-corrected chi connectivity index (χ1v) is 8.96. The van der Waals surface area contributed by atoms with Gasteiger partial charge in [-0.15, -0.1) is 45.8 Å². The molecule has 4 aromatic carbocycles. The van der Waals surface area contributed by atoms with E-state index in [0.717, 1.165) is 11.5 Å². The molecule has 3 heteroatoms. The monoisotopic (exact) mass is 366 g/mol. The summed E-state index contributed by atoms with van der Waals surface area (Å²) in [5.74, 6) is 1.84. The molecule has 0 saturated heterocycles. The SMILES string of the molecule is COc1ccc2[cH-]ccc2c1.COc1ccc2[cH-]ccc2c1.C[CH]=[Ti+2]. The van der Waals surface area contributed by atoms with Gasteiger partial charge in [0.2, 0.25) is 0 Å². The van der Waals surface area contributed by atoms with E-state index in [2.05, 4.69) is 36.4 Å². The first-order valence-electron chi connectivity index (χ1n) is 8.05. The molecule has 0 spiro atoms. The van der Waals surface area contributed by atoms with Crippen LogP contribution < -0.4 is 9.47 Å². The van der Waals surface area contributed by atoms with Crippen LogP contribution in [0.2, 0.25) is 0 Å². The van der Waals surface area contributed by atoms with Crippen LogP contribution in [-0.4, -0.2) is 18.5 Å². The maximum absolute atomic E-state index is 5.09. The summed E-state index contributed by atoms with van der Waals surface area (Å²) in [7, 11) is 3.37. The summed E-state index contributed by atoms with van der Waals surface area (Å²) in [6.07, 6.45) is 0. The van der Waals surface area contributed by atoms with Crippen molar-refractivity contribution in [1.82, 2.24) is 0 Å². The van der Waals surface area contributed by atoms with Gasteiger partial charge in [0.1, 0.15) is 0 Å². The Bertz CT molecular complexity index is 844. The van der Waals surface area contributed by atoms with Crippen LogP contribution in [0.3, 0.4) is 0 Å². The first kappa shape index (κ1) is 19.2. The molecule has 0 aliphatic carbocycles. The van der Waals surface area contributed by atoms with Crippen LogP contribution in [0.15, 0.2) is 72.8 Å². The second-order valence-electron chi connectivity index (χ2n) is 5.33. The Morgan fingerprint density at radius 2 is 1.16 bits per heavy atom. The molecule has 0 aliphatic rings. The van der Waals surface area contributed by atoms with Crippen molar-refractivity contribution in [1.29, 1.82) is 0 Å². The van der Waals surface area contributed by atoms with Crippen LogP contribution in [0.1, 0.15) is 6.92 Å². The van der Waals surface area contributed by atoms with Gasteiger partial charge >= 0.3 is 31.2 Å². The Balaban J connectivity index is 0.000000156. The molecular weight excluding hydrogens is 344 g/mol. The molecule has 0 fully saturated rings. The standard InChI is InChI=1S/2C10H9O.C2H4.Ti/c2*1-11-10-6-5-8-3-2-4-9(8)7-10;1-2;/h2*2-7H,1H3;1H,2H3;/q2*-1;;+2. The summed E-state index contributed by atoms with van der Waals surface area (Å²) in [6, 6.07) is 24.6. The van der Waals surface area contributed by atoms with Crippen molar-refractivity contribution >= 4 is 25.9 Å². The van der Waals surface area contributed by atoms with Crippen molar-refractivity contribution in [3.8, 4) is 11.5 Å². The van der Waals surface area contributed by atoms with Gasteiger partial charge < -0.3 is 9.47 Å². The van der Waals surface area contributed by atoms with Gasteiger partial charge in [-0.3, -0.25) is 0 Å². The molecule has 0 saturated carbocycles. The Kier molecular flexibility index (Phi) is 7.65. The van der Waals surface area contributed by atoms with Crippen LogP contribution in [-0.2, 0) is 20.0 Å². The number of hydrogen-bond acceptors (Lipinski definition) is 2. The van der Waals surface area contributed by atoms with Crippen molar-refractivity contribution in [2.75, 3.05) is 14.2 Å². The Morgan fingerprint density at radius 1 is 0.760 bits per heavy atom.